The molecule has 1 unspecified atom stereocenters. The fraction of sp³-hybridized carbons (Fsp3) is 0.700. The number of rotatable bonds is 8. The molecular weight excluding hydrogens is 486 g/mol. The van der Waals surface area contributed by atoms with Crippen LogP contribution in [0.15, 0.2) is 23.3 Å². The molecule has 0 aromatic carbocycles. The van der Waals surface area contributed by atoms with Crippen LogP contribution in [-0.4, -0.2) is 80.9 Å². The maximum atomic E-state index is 14.0. The molecule has 3 heterocycles. The van der Waals surface area contributed by atoms with Crippen LogP contribution in [0.4, 0.5) is 10.2 Å². The molecule has 0 bridgehead atoms. The van der Waals surface area contributed by atoms with Crippen LogP contribution >= 0.6 is 24.0 Å². The lowest BCUT2D eigenvalue weighted by Crippen LogP contribution is -2.44. The average molecular weight is 520 g/mol. The molecule has 1 aromatic rings. The second-order valence-corrected chi connectivity index (χ2v) is 7.31. The number of morpholine rings is 1. The lowest BCUT2D eigenvalue weighted by molar-refractivity contribution is 0.0373. The van der Waals surface area contributed by atoms with Gasteiger partial charge in [0.05, 0.1) is 13.2 Å². The van der Waals surface area contributed by atoms with Crippen LogP contribution in [0.2, 0.25) is 0 Å². The van der Waals surface area contributed by atoms with E-state index in [1.807, 2.05) is 4.90 Å². The van der Waals surface area contributed by atoms with Gasteiger partial charge in [0, 0.05) is 51.5 Å². The molecule has 164 valence electrons. The first-order valence-corrected chi connectivity index (χ1v) is 10.5. The van der Waals surface area contributed by atoms with Crippen molar-refractivity contribution in [2.45, 2.75) is 32.2 Å². The van der Waals surface area contributed by atoms with Gasteiger partial charge in [-0.05, 0) is 44.9 Å². The van der Waals surface area contributed by atoms with Crippen molar-refractivity contribution >= 4 is 35.8 Å². The Kier molecular flexibility index (Phi) is 10.9. The average Bonchev–Trinajstić information content (AvgIpc) is 3.17. The number of halogens is 2. The minimum Gasteiger partial charge on any atom is -0.379 e. The number of hydrogen-bond acceptors (Lipinski definition) is 5. The van der Waals surface area contributed by atoms with Gasteiger partial charge < -0.3 is 20.3 Å². The molecule has 2 aliphatic heterocycles. The fourth-order valence-electron chi connectivity index (χ4n) is 3.66. The van der Waals surface area contributed by atoms with Crippen LogP contribution in [0.5, 0.6) is 0 Å². The topological polar surface area (TPSA) is 65.0 Å². The van der Waals surface area contributed by atoms with Gasteiger partial charge in [0.15, 0.2) is 17.6 Å². The Bertz CT molecular complexity index is 629. The van der Waals surface area contributed by atoms with E-state index in [0.717, 1.165) is 84.2 Å². The predicted octanol–water partition coefficient (Wildman–Crippen LogP) is 2.08. The number of ether oxygens (including phenoxy) is 1. The van der Waals surface area contributed by atoms with Gasteiger partial charge in [-0.15, -0.1) is 24.0 Å². The monoisotopic (exact) mass is 520 g/mol. The minimum atomic E-state index is -0.260. The van der Waals surface area contributed by atoms with Crippen molar-refractivity contribution in [1.82, 2.24) is 20.5 Å². The van der Waals surface area contributed by atoms with Gasteiger partial charge in [0.25, 0.3) is 0 Å². The Morgan fingerprint density at radius 3 is 2.90 bits per heavy atom. The zero-order chi connectivity index (χ0) is 19.6. The third kappa shape index (κ3) is 7.86. The van der Waals surface area contributed by atoms with Crippen LogP contribution in [0, 0.1) is 5.82 Å². The molecule has 0 spiro atoms. The molecular formula is C20H34FIN6O. The van der Waals surface area contributed by atoms with Crippen molar-refractivity contribution in [2.75, 3.05) is 63.9 Å². The van der Waals surface area contributed by atoms with Crippen LogP contribution in [0.1, 0.15) is 26.2 Å². The minimum absolute atomic E-state index is 0. The van der Waals surface area contributed by atoms with Crippen molar-refractivity contribution in [3.8, 4) is 0 Å². The summed E-state index contributed by atoms with van der Waals surface area (Å²) in [5, 5.41) is 6.82. The van der Waals surface area contributed by atoms with Crippen LogP contribution in [-0.2, 0) is 4.74 Å². The summed E-state index contributed by atoms with van der Waals surface area (Å²) in [6.07, 6.45) is 4.81. The first kappa shape index (κ1) is 24.1. The smallest absolute Gasteiger partial charge is 0.191 e. The summed E-state index contributed by atoms with van der Waals surface area (Å²) in [5.74, 6) is 1.03. The highest BCUT2D eigenvalue weighted by molar-refractivity contribution is 14.0. The van der Waals surface area contributed by atoms with Gasteiger partial charge in [-0.2, -0.15) is 0 Å². The van der Waals surface area contributed by atoms with Gasteiger partial charge in [-0.1, -0.05) is 0 Å². The van der Waals surface area contributed by atoms with E-state index in [0.29, 0.717) is 5.82 Å². The number of aromatic nitrogens is 1. The van der Waals surface area contributed by atoms with Gasteiger partial charge >= 0.3 is 0 Å². The number of aliphatic imine (C=N–C) groups is 1. The SMILES string of the molecule is CCNC(=NCCCCN1CCOCC1)NC1CCN(c2ncccc2F)C1.I. The maximum absolute atomic E-state index is 14.0. The zero-order valence-electron chi connectivity index (χ0n) is 17.3. The zero-order valence-corrected chi connectivity index (χ0v) is 19.6. The molecule has 0 amide bonds. The predicted molar refractivity (Wildman–Crippen MR) is 126 cm³/mol. The molecule has 1 aromatic heterocycles. The van der Waals surface area contributed by atoms with E-state index in [2.05, 4.69) is 27.4 Å². The second-order valence-electron chi connectivity index (χ2n) is 7.31. The van der Waals surface area contributed by atoms with Crippen LogP contribution in [0.25, 0.3) is 0 Å². The summed E-state index contributed by atoms with van der Waals surface area (Å²) in [6.45, 7) is 10.2. The fourth-order valence-corrected chi connectivity index (χ4v) is 3.66. The second kappa shape index (κ2) is 13.2. The summed E-state index contributed by atoms with van der Waals surface area (Å²) < 4.78 is 19.3. The van der Waals surface area contributed by atoms with E-state index in [-0.39, 0.29) is 35.8 Å². The van der Waals surface area contributed by atoms with Gasteiger partial charge in [-0.3, -0.25) is 9.89 Å². The Morgan fingerprint density at radius 2 is 2.14 bits per heavy atom. The third-order valence-electron chi connectivity index (χ3n) is 5.17. The van der Waals surface area contributed by atoms with E-state index >= 15 is 0 Å². The molecule has 2 fully saturated rings. The molecule has 29 heavy (non-hydrogen) atoms. The van der Waals surface area contributed by atoms with Crippen LogP contribution < -0.4 is 15.5 Å². The Hall–Kier alpha value is -1.20. The highest BCUT2D eigenvalue weighted by Crippen LogP contribution is 2.20. The maximum Gasteiger partial charge on any atom is 0.191 e. The Labute approximate surface area is 190 Å². The highest BCUT2D eigenvalue weighted by atomic mass is 127. The van der Waals surface area contributed by atoms with Crippen LogP contribution in [0.3, 0.4) is 0 Å². The lowest BCUT2D eigenvalue weighted by atomic mass is 10.2. The first-order valence-electron chi connectivity index (χ1n) is 10.5. The largest absolute Gasteiger partial charge is 0.379 e. The number of anilines is 1. The molecule has 0 aliphatic carbocycles. The summed E-state index contributed by atoms with van der Waals surface area (Å²) in [5.41, 5.74) is 0. The number of nitrogens with zero attached hydrogens (tertiary/aromatic N) is 4. The quantitative estimate of drug-likeness (QED) is 0.237. The molecule has 3 rings (SSSR count). The number of hydrogen-bond donors (Lipinski definition) is 2. The first-order chi connectivity index (χ1) is 13.8. The summed E-state index contributed by atoms with van der Waals surface area (Å²) >= 11 is 0. The molecule has 0 saturated carbocycles. The standard InChI is InChI=1S/C20H33FN6O.HI/c1-2-22-20(24-8-3-4-10-26-12-14-28-15-13-26)25-17-7-11-27(16-17)19-18(21)6-5-9-23-19;/h5-6,9,17H,2-4,7-8,10-16H2,1H3,(H2,22,24,25);1H. The molecule has 1 atom stereocenters. The van der Waals surface area contributed by atoms with E-state index in [4.69, 9.17) is 9.73 Å². The molecule has 2 N–H and O–H groups in total. The number of nitrogens with one attached hydrogen (secondary N) is 2. The number of guanidine groups is 1. The van der Waals surface area contributed by atoms with E-state index in [1.54, 1.807) is 12.3 Å². The molecule has 2 saturated heterocycles. The number of unbranched alkanes of at least 4 members (excludes halogenated alkanes) is 1. The van der Waals surface area contributed by atoms with E-state index in [9.17, 15) is 4.39 Å². The van der Waals surface area contributed by atoms with Crippen molar-refractivity contribution in [1.29, 1.82) is 0 Å². The van der Waals surface area contributed by atoms with Gasteiger partial charge in [-0.25, -0.2) is 9.37 Å². The van der Waals surface area contributed by atoms with Gasteiger partial charge in [0.1, 0.15) is 0 Å². The van der Waals surface area contributed by atoms with E-state index < -0.39 is 0 Å². The van der Waals surface area contributed by atoms with Crippen molar-refractivity contribution in [2.24, 2.45) is 4.99 Å². The summed E-state index contributed by atoms with van der Waals surface area (Å²) in [6, 6.07) is 3.33. The number of pyridine rings is 1. The third-order valence-corrected chi connectivity index (χ3v) is 5.17. The summed E-state index contributed by atoms with van der Waals surface area (Å²) in [4.78, 5) is 13.4. The van der Waals surface area contributed by atoms with Crippen molar-refractivity contribution in [3.63, 3.8) is 0 Å². The van der Waals surface area contributed by atoms with Crippen molar-refractivity contribution < 1.29 is 9.13 Å². The molecule has 0 radical (unpaired) electrons. The molecule has 7 nitrogen and oxygen atoms in total. The highest BCUT2D eigenvalue weighted by Gasteiger charge is 2.25. The molecule has 9 heteroatoms. The summed E-state index contributed by atoms with van der Waals surface area (Å²) in [7, 11) is 0. The Balaban J connectivity index is 0.00000300. The lowest BCUT2D eigenvalue weighted by Gasteiger charge is -2.26. The Morgan fingerprint density at radius 1 is 1.31 bits per heavy atom. The van der Waals surface area contributed by atoms with Crippen molar-refractivity contribution in [3.05, 3.63) is 24.1 Å². The normalized spacial score (nSPS) is 20.4. The molecule has 2 aliphatic rings. The van der Waals surface area contributed by atoms with E-state index in [1.165, 1.54) is 6.07 Å². The van der Waals surface area contributed by atoms with Gasteiger partial charge in [0.2, 0.25) is 0 Å².